The number of hydrogen-bond acceptors (Lipinski definition) is 7. The third-order valence-corrected chi connectivity index (χ3v) is 6.34. The second-order valence-corrected chi connectivity index (χ2v) is 8.65. The number of fused-ring (bicyclic) bond motifs is 3. The molecule has 0 spiro atoms. The molecule has 1 N–H and O–H groups in total. The fraction of sp³-hybridized carbons (Fsp3) is 0.103. The highest BCUT2D eigenvalue weighted by molar-refractivity contribution is 6.28. The zero-order valence-electron chi connectivity index (χ0n) is 19.8. The number of rotatable bonds is 6. The van der Waals surface area contributed by atoms with Crippen molar-refractivity contribution in [1.82, 2.24) is 0 Å². The van der Waals surface area contributed by atoms with Crippen molar-refractivity contribution >= 4 is 29.4 Å². The van der Waals surface area contributed by atoms with Crippen molar-refractivity contribution in [2.45, 2.75) is 12.8 Å². The van der Waals surface area contributed by atoms with E-state index in [2.05, 4.69) is 6.58 Å². The SMILES string of the molecule is C=C(CO)C(=O)Oc1ccc(OC(=O)c2ccc3c(c2)C(C)c2cc(N4C(=O)C=CC4=O)ccc2-3)cc1. The zero-order valence-corrected chi connectivity index (χ0v) is 19.8. The molecule has 1 aliphatic heterocycles. The number of carbonyl (C=O) groups excluding carboxylic acids is 4. The van der Waals surface area contributed by atoms with Crippen molar-refractivity contribution in [2.75, 3.05) is 11.5 Å². The zero-order chi connectivity index (χ0) is 26.3. The summed E-state index contributed by atoms with van der Waals surface area (Å²) in [6.45, 7) is 4.90. The number of nitrogens with zero attached hydrogens (tertiary/aromatic N) is 1. The van der Waals surface area contributed by atoms with Crippen LogP contribution in [0.2, 0.25) is 0 Å². The molecule has 184 valence electrons. The van der Waals surface area contributed by atoms with Crippen LogP contribution in [-0.2, 0) is 14.4 Å². The summed E-state index contributed by atoms with van der Waals surface area (Å²) in [4.78, 5) is 49.9. The van der Waals surface area contributed by atoms with Gasteiger partial charge in [-0.2, -0.15) is 0 Å². The van der Waals surface area contributed by atoms with E-state index in [1.165, 1.54) is 36.4 Å². The lowest BCUT2D eigenvalue weighted by molar-refractivity contribution is -0.130. The van der Waals surface area contributed by atoms with Crippen molar-refractivity contribution < 1.29 is 33.8 Å². The van der Waals surface area contributed by atoms with Crippen molar-refractivity contribution in [3.63, 3.8) is 0 Å². The Morgan fingerprint density at radius 3 is 2.05 bits per heavy atom. The van der Waals surface area contributed by atoms with E-state index < -0.39 is 18.5 Å². The van der Waals surface area contributed by atoms with Gasteiger partial charge in [0.1, 0.15) is 11.5 Å². The van der Waals surface area contributed by atoms with Crippen molar-refractivity contribution in [1.29, 1.82) is 0 Å². The number of carbonyl (C=O) groups is 4. The van der Waals surface area contributed by atoms with Crippen molar-refractivity contribution in [2.24, 2.45) is 0 Å². The van der Waals surface area contributed by atoms with Gasteiger partial charge >= 0.3 is 11.9 Å². The van der Waals surface area contributed by atoms with Gasteiger partial charge < -0.3 is 14.6 Å². The van der Waals surface area contributed by atoms with Gasteiger partial charge in [0.25, 0.3) is 11.8 Å². The van der Waals surface area contributed by atoms with E-state index in [1.54, 1.807) is 18.2 Å². The molecule has 1 heterocycles. The molecule has 0 saturated heterocycles. The molecule has 1 atom stereocenters. The van der Waals surface area contributed by atoms with Gasteiger partial charge in [0.05, 0.1) is 23.4 Å². The number of anilines is 1. The Labute approximate surface area is 212 Å². The lowest BCUT2D eigenvalue weighted by Crippen LogP contribution is -2.29. The van der Waals surface area contributed by atoms with Crippen LogP contribution >= 0.6 is 0 Å². The molecule has 2 aliphatic rings. The summed E-state index contributed by atoms with van der Waals surface area (Å²) in [6.07, 6.45) is 2.50. The molecule has 3 aromatic carbocycles. The highest BCUT2D eigenvalue weighted by atomic mass is 16.5. The molecule has 5 rings (SSSR count). The molecule has 0 aromatic heterocycles. The first-order chi connectivity index (χ1) is 17.8. The second kappa shape index (κ2) is 9.33. The topological polar surface area (TPSA) is 110 Å². The Morgan fingerprint density at radius 2 is 1.43 bits per heavy atom. The molecular weight excluding hydrogens is 474 g/mol. The van der Waals surface area contributed by atoms with E-state index in [0.717, 1.165) is 27.2 Å². The number of aliphatic hydroxyl groups excluding tert-OH is 1. The highest BCUT2D eigenvalue weighted by Crippen LogP contribution is 2.46. The van der Waals surface area contributed by atoms with Crippen LogP contribution in [-0.4, -0.2) is 35.5 Å². The molecule has 0 radical (unpaired) electrons. The second-order valence-electron chi connectivity index (χ2n) is 8.65. The van der Waals surface area contributed by atoms with Gasteiger partial charge in [-0.1, -0.05) is 25.6 Å². The number of benzene rings is 3. The molecule has 2 amide bonds. The minimum atomic E-state index is -0.747. The summed E-state index contributed by atoms with van der Waals surface area (Å²) < 4.78 is 10.6. The average Bonchev–Trinajstić information content (AvgIpc) is 3.39. The molecule has 8 heteroatoms. The van der Waals surface area contributed by atoms with E-state index in [4.69, 9.17) is 14.6 Å². The first kappa shape index (κ1) is 23.9. The van der Waals surface area contributed by atoms with Crippen LogP contribution in [0.1, 0.15) is 34.3 Å². The number of ether oxygens (including phenoxy) is 2. The molecule has 1 aliphatic carbocycles. The maximum Gasteiger partial charge on any atom is 0.343 e. The lowest BCUT2D eigenvalue weighted by atomic mass is 9.97. The molecule has 0 bridgehead atoms. The van der Waals surface area contributed by atoms with Crippen LogP contribution in [0.4, 0.5) is 5.69 Å². The third kappa shape index (κ3) is 4.34. The summed E-state index contributed by atoms with van der Waals surface area (Å²) in [5, 5.41) is 8.95. The maximum atomic E-state index is 12.8. The van der Waals surface area contributed by atoms with Crippen LogP contribution in [0.15, 0.2) is 85.0 Å². The first-order valence-corrected chi connectivity index (χ1v) is 11.4. The number of imide groups is 1. The van der Waals surface area contributed by atoms with Crippen LogP contribution in [0.25, 0.3) is 11.1 Å². The summed E-state index contributed by atoms with van der Waals surface area (Å²) >= 11 is 0. The standard InChI is InChI=1S/C29H21NO7/c1-16(15-31)28(34)36-20-5-7-21(8-6-20)37-29(35)18-3-9-22-23-10-4-19(30-26(32)11-12-27(30)33)14-25(23)17(2)24(22)13-18/h3-14,17,31H,1,15H2,2H3. The minimum absolute atomic E-state index is 0.0684. The van der Waals surface area contributed by atoms with Gasteiger partial charge in [-0.3, -0.25) is 9.59 Å². The van der Waals surface area contributed by atoms with Gasteiger partial charge in [-0.05, 0) is 70.8 Å². The highest BCUT2D eigenvalue weighted by Gasteiger charge is 2.30. The minimum Gasteiger partial charge on any atom is -0.423 e. The molecule has 1 unspecified atom stereocenters. The largest absolute Gasteiger partial charge is 0.423 e. The Kier molecular flexibility index (Phi) is 6.02. The quantitative estimate of drug-likeness (QED) is 0.239. The van der Waals surface area contributed by atoms with Crippen molar-refractivity contribution in [3.8, 4) is 22.6 Å². The Balaban J connectivity index is 1.32. The van der Waals surface area contributed by atoms with Gasteiger partial charge in [0, 0.05) is 18.1 Å². The van der Waals surface area contributed by atoms with E-state index in [1.807, 2.05) is 25.1 Å². The van der Waals surface area contributed by atoms with Crippen molar-refractivity contribution in [3.05, 3.63) is 102 Å². The van der Waals surface area contributed by atoms with E-state index >= 15 is 0 Å². The molecule has 37 heavy (non-hydrogen) atoms. The van der Waals surface area contributed by atoms with Crippen LogP contribution in [0.5, 0.6) is 11.5 Å². The van der Waals surface area contributed by atoms with E-state index in [-0.39, 0.29) is 34.8 Å². The normalized spacial score (nSPS) is 15.4. The lowest BCUT2D eigenvalue weighted by Gasteiger charge is -2.16. The summed E-state index contributed by atoms with van der Waals surface area (Å²) in [5.41, 5.74) is 4.64. The number of amides is 2. The molecule has 0 saturated carbocycles. The predicted molar refractivity (Wildman–Crippen MR) is 134 cm³/mol. The van der Waals surface area contributed by atoms with E-state index in [0.29, 0.717) is 11.3 Å². The Morgan fingerprint density at radius 1 is 0.865 bits per heavy atom. The third-order valence-electron chi connectivity index (χ3n) is 6.34. The Bertz CT molecular complexity index is 1500. The van der Waals surface area contributed by atoms with E-state index in [9.17, 15) is 19.2 Å². The fourth-order valence-corrected chi connectivity index (χ4v) is 4.39. The molecule has 0 fully saturated rings. The summed E-state index contributed by atoms with van der Waals surface area (Å²) in [7, 11) is 0. The number of aliphatic hydroxyl groups is 1. The monoisotopic (exact) mass is 495 g/mol. The number of hydrogen-bond donors (Lipinski definition) is 1. The van der Waals surface area contributed by atoms with Crippen LogP contribution in [0.3, 0.4) is 0 Å². The number of esters is 2. The van der Waals surface area contributed by atoms with Gasteiger partial charge in [0.2, 0.25) is 0 Å². The van der Waals surface area contributed by atoms with Gasteiger partial charge in [0.15, 0.2) is 0 Å². The van der Waals surface area contributed by atoms with Gasteiger partial charge in [-0.15, -0.1) is 0 Å². The molecule has 8 nitrogen and oxygen atoms in total. The predicted octanol–water partition coefficient (Wildman–Crippen LogP) is 3.92. The smallest absolute Gasteiger partial charge is 0.343 e. The van der Waals surface area contributed by atoms with Crippen LogP contribution in [0, 0.1) is 0 Å². The Hall–Kier alpha value is -4.82. The molecule has 3 aromatic rings. The first-order valence-electron chi connectivity index (χ1n) is 11.4. The summed E-state index contributed by atoms with van der Waals surface area (Å²) in [5.74, 6) is -1.63. The maximum absolute atomic E-state index is 12.8. The average molecular weight is 495 g/mol. The van der Waals surface area contributed by atoms with Gasteiger partial charge in [-0.25, -0.2) is 14.5 Å². The van der Waals surface area contributed by atoms with Crippen LogP contribution < -0.4 is 14.4 Å². The summed E-state index contributed by atoms with van der Waals surface area (Å²) in [6, 6.07) is 16.7. The molecular formula is C29H21NO7. The fourth-order valence-electron chi connectivity index (χ4n) is 4.39.